The van der Waals surface area contributed by atoms with E-state index in [2.05, 4.69) is 20.7 Å². The van der Waals surface area contributed by atoms with Gasteiger partial charge in [-0.1, -0.05) is 0 Å². The van der Waals surface area contributed by atoms with Crippen molar-refractivity contribution in [1.29, 1.82) is 0 Å². The first-order valence-corrected chi connectivity index (χ1v) is 9.15. The lowest BCUT2D eigenvalue weighted by Gasteiger charge is -2.12. The van der Waals surface area contributed by atoms with Crippen LogP contribution in [0.4, 0.5) is 10.1 Å². The van der Waals surface area contributed by atoms with Gasteiger partial charge in [0.2, 0.25) is 10.0 Å². The second-order valence-corrected chi connectivity index (χ2v) is 8.14. The minimum absolute atomic E-state index is 0.0456. The molecule has 0 amide bonds. The van der Waals surface area contributed by atoms with Crippen molar-refractivity contribution >= 4 is 43.4 Å². The molecule has 1 aliphatic heterocycles. The van der Waals surface area contributed by atoms with Crippen molar-refractivity contribution in [2.45, 2.75) is 11.3 Å². The first kappa shape index (κ1) is 15.1. The largest absolute Gasteiger partial charge is 0.399 e. The Morgan fingerprint density at radius 3 is 2.89 bits per heavy atom. The fourth-order valence-corrected chi connectivity index (χ4v) is 4.97. The highest BCUT2D eigenvalue weighted by Crippen LogP contribution is 2.27. The minimum atomic E-state index is -3.87. The Morgan fingerprint density at radius 1 is 1.53 bits per heavy atom. The van der Waals surface area contributed by atoms with Gasteiger partial charge in [0, 0.05) is 12.2 Å². The number of anilines is 1. The predicted octanol–water partition coefficient (Wildman–Crippen LogP) is 2.20. The van der Waals surface area contributed by atoms with Crippen LogP contribution in [-0.2, 0) is 10.0 Å². The molecule has 19 heavy (non-hydrogen) atoms. The van der Waals surface area contributed by atoms with Crippen molar-refractivity contribution in [1.82, 2.24) is 4.72 Å². The number of nitrogens with two attached hydrogens (primary N) is 1. The van der Waals surface area contributed by atoms with Crippen molar-refractivity contribution in [3.05, 3.63) is 22.4 Å². The highest BCUT2D eigenvalue weighted by Gasteiger charge is 2.24. The van der Waals surface area contributed by atoms with Crippen molar-refractivity contribution in [3.63, 3.8) is 0 Å². The Morgan fingerprint density at radius 2 is 2.26 bits per heavy atom. The van der Waals surface area contributed by atoms with Crippen molar-refractivity contribution in [2.24, 2.45) is 5.92 Å². The average molecular weight is 369 g/mol. The van der Waals surface area contributed by atoms with Gasteiger partial charge >= 0.3 is 0 Å². The average Bonchev–Trinajstić information content (AvgIpc) is 2.84. The van der Waals surface area contributed by atoms with E-state index in [4.69, 9.17) is 5.73 Å². The van der Waals surface area contributed by atoms with Crippen LogP contribution in [0.15, 0.2) is 21.5 Å². The lowest BCUT2D eigenvalue weighted by molar-refractivity contribution is 0.533. The normalized spacial score (nSPS) is 19.8. The molecule has 4 nitrogen and oxygen atoms in total. The van der Waals surface area contributed by atoms with Gasteiger partial charge in [0.25, 0.3) is 0 Å². The summed E-state index contributed by atoms with van der Waals surface area (Å²) in [4.78, 5) is -0.412. The van der Waals surface area contributed by atoms with Gasteiger partial charge in [0.05, 0.1) is 4.47 Å². The fraction of sp³-hybridized carbons (Fsp3) is 0.455. The molecule has 0 spiro atoms. The van der Waals surface area contributed by atoms with E-state index in [1.54, 1.807) is 11.8 Å². The summed E-state index contributed by atoms with van der Waals surface area (Å²) in [5.41, 5.74) is 5.75. The zero-order valence-electron chi connectivity index (χ0n) is 10.0. The molecular formula is C11H14BrFN2O2S2. The van der Waals surface area contributed by atoms with E-state index in [9.17, 15) is 12.8 Å². The number of halogens is 2. The van der Waals surface area contributed by atoms with E-state index in [1.807, 2.05) is 0 Å². The van der Waals surface area contributed by atoms with Gasteiger partial charge in [0.1, 0.15) is 4.90 Å². The van der Waals surface area contributed by atoms with E-state index in [0.29, 0.717) is 12.5 Å². The van der Waals surface area contributed by atoms with E-state index >= 15 is 0 Å². The molecule has 0 aliphatic carbocycles. The molecule has 3 N–H and O–H groups in total. The Labute approximate surface area is 124 Å². The first-order chi connectivity index (χ1) is 8.90. The lowest BCUT2D eigenvalue weighted by Crippen LogP contribution is -2.30. The van der Waals surface area contributed by atoms with Crippen LogP contribution < -0.4 is 10.5 Å². The van der Waals surface area contributed by atoms with E-state index in [1.165, 1.54) is 6.07 Å². The van der Waals surface area contributed by atoms with Crippen LogP contribution in [0.5, 0.6) is 0 Å². The molecule has 106 valence electrons. The molecule has 0 radical (unpaired) electrons. The van der Waals surface area contributed by atoms with Crippen LogP contribution in [0.3, 0.4) is 0 Å². The number of rotatable bonds is 4. The molecule has 8 heteroatoms. The van der Waals surface area contributed by atoms with Gasteiger partial charge in [-0.05, 0) is 51.9 Å². The molecule has 0 aromatic heterocycles. The summed E-state index contributed by atoms with van der Waals surface area (Å²) in [6.45, 7) is 0.335. The molecule has 1 atom stereocenters. The summed E-state index contributed by atoms with van der Waals surface area (Å²) in [6, 6.07) is 2.47. The van der Waals surface area contributed by atoms with Gasteiger partial charge in [0.15, 0.2) is 5.82 Å². The predicted molar refractivity (Wildman–Crippen MR) is 79.1 cm³/mol. The number of hydrogen-bond acceptors (Lipinski definition) is 4. The van der Waals surface area contributed by atoms with Gasteiger partial charge < -0.3 is 5.73 Å². The molecule has 1 aromatic carbocycles. The highest BCUT2D eigenvalue weighted by atomic mass is 79.9. The van der Waals surface area contributed by atoms with Gasteiger partial charge in [-0.3, -0.25) is 0 Å². The lowest BCUT2D eigenvalue weighted by atomic mass is 10.1. The van der Waals surface area contributed by atoms with Gasteiger partial charge in [-0.2, -0.15) is 11.8 Å². The third kappa shape index (κ3) is 3.62. The third-order valence-corrected chi connectivity index (χ3v) is 6.12. The summed E-state index contributed by atoms with van der Waals surface area (Å²) in [5, 5.41) is 0. The topological polar surface area (TPSA) is 72.2 Å². The number of sulfonamides is 1. The van der Waals surface area contributed by atoms with Crippen LogP contribution in [0.25, 0.3) is 0 Å². The third-order valence-electron chi connectivity index (χ3n) is 2.89. The summed E-state index contributed by atoms with van der Waals surface area (Å²) in [5.74, 6) is 1.48. The zero-order valence-corrected chi connectivity index (χ0v) is 13.2. The smallest absolute Gasteiger partial charge is 0.243 e. The monoisotopic (exact) mass is 368 g/mol. The van der Waals surface area contributed by atoms with Crippen LogP contribution >= 0.6 is 27.7 Å². The SMILES string of the molecule is Nc1cc(Br)c(F)c(S(=O)(=O)NCC2CCSC2)c1. The zero-order chi connectivity index (χ0) is 14.0. The quantitative estimate of drug-likeness (QED) is 0.799. The number of thioether (sulfide) groups is 1. The number of benzene rings is 1. The van der Waals surface area contributed by atoms with Crippen LogP contribution in [0.1, 0.15) is 6.42 Å². The van der Waals surface area contributed by atoms with Gasteiger partial charge in [-0.15, -0.1) is 0 Å². The molecule has 1 fully saturated rings. The molecule has 1 unspecified atom stereocenters. The maximum Gasteiger partial charge on any atom is 0.243 e. The standard InChI is InChI=1S/C11H14BrFN2O2S2/c12-9-3-8(14)4-10(11(9)13)19(16,17)15-5-7-1-2-18-6-7/h3-4,7,15H,1-2,5-6,14H2. The van der Waals surface area contributed by atoms with Gasteiger partial charge in [-0.25, -0.2) is 17.5 Å². The molecule has 2 rings (SSSR count). The number of nitrogens with one attached hydrogen (secondary N) is 1. The van der Waals surface area contributed by atoms with E-state index in [-0.39, 0.29) is 10.2 Å². The van der Waals surface area contributed by atoms with Crippen molar-refractivity contribution in [3.8, 4) is 0 Å². The second-order valence-electron chi connectivity index (χ2n) is 4.40. The fourth-order valence-electron chi connectivity index (χ4n) is 1.83. The first-order valence-electron chi connectivity index (χ1n) is 5.72. The van der Waals surface area contributed by atoms with Crippen molar-refractivity contribution < 1.29 is 12.8 Å². The summed E-state index contributed by atoms with van der Waals surface area (Å²) in [6.07, 6.45) is 0.982. The Balaban J connectivity index is 2.19. The Kier molecular flexibility index (Phi) is 4.75. The molecule has 1 heterocycles. The number of hydrogen-bond donors (Lipinski definition) is 2. The van der Waals surface area contributed by atoms with Crippen LogP contribution in [-0.4, -0.2) is 26.5 Å². The maximum absolute atomic E-state index is 13.9. The highest BCUT2D eigenvalue weighted by molar-refractivity contribution is 9.10. The van der Waals surface area contributed by atoms with E-state index in [0.717, 1.165) is 24.0 Å². The van der Waals surface area contributed by atoms with E-state index < -0.39 is 20.7 Å². The molecule has 0 saturated carbocycles. The number of nitrogen functional groups attached to an aromatic ring is 1. The molecule has 1 saturated heterocycles. The molecular weight excluding hydrogens is 355 g/mol. The molecule has 0 bridgehead atoms. The molecule has 1 aliphatic rings. The summed E-state index contributed by atoms with van der Waals surface area (Å²) < 4.78 is 40.5. The van der Waals surface area contributed by atoms with Crippen LogP contribution in [0, 0.1) is 11.7 Å². The Bertz CT molecular complexity index is 574. The van der Waals surface area contributed by atoms with Crippen molar-refractivity contribution in [2.75, 3.05) is 23.8 Å². The second kappa shape index (κ2) is 5.99. The minimum Gasteiger partial charge on any atom is -0.399 e. The van der Waals surface area contributed by atoms with Crippen LogP contribution in [0.2, 0.25) is 0 Å². The summed E-state index contributed by atoms with van der Waals surface area (Å²) >= 11 is 4.76. The maximum atomic E-state index is 13.9. The Hall–Kier alpha value is -0.310. The molecule has 1 aromatic rings. The summed E-state index contributed by atoms with van der Waals surface area (Å²) in [7, 11) is -3.87.